The van der Waals surface area contributed by atoms with Crippen LogP contribution in [0, 0.1) is 10.1 Å². The number of thiophene rings is 2. The first-order valence-corrected chi connectivity index (χ1v) is 9.54. The van der Waals surface area contributed by atoms with Crippen molar-refractivity contribution in [3.8, 4) is 0 Å². The molecule has 0 aliphatic rings. The summed E-state index contributed by atoms with van der Waals surface area (Å²) in [6, 6.07) is 12.6. The Balaban J connectivity index is 1.71. The minimum absolute atomic E-state index is 0.109. The van der Waals surface area contributed by atoms with Crippen molar-refractivity contribution in [3.63, 3.8) is 0 Å². The van der Waals surface area contributed by atoms with Gasteiger partial charge in [0.2, 0.25) is 0 Å². The van der Waals surface area contributed by atoms with Gasteiger partial charge in [0.05, 0.1) is 10.5 Å². The van der Waals surface area contributed by atoms with E-state index in [2.05, 4.69) is 0 Å². The Morgan fingerprint density at radius 2 is 1.74 bits per heavy atom. The molecule has 0 N–H and O–H groups in total. The highest BCUT2D eigenvalue weighted by Gasteiger charge is 2.18. The number of ketones is 1. The van der Waals surface area contributed by atoms with Gasteiger partial charge in [-0.25, -0.2) is 4.79 Å². The second-order valence-corrected chi connectivity index (χ2v) is 7.28. The molecule has 3 rings (SSSR count). The number of nitro benzene ring substituents is 1. The van der Waals surface area contributed by atoms with Crippen molar-refractivity contribution in [1.82, 2.24) is 0 Å². The summed E-state index contributed by atoms with van der Waals surface area (Å²) in [5.41, 5.74) is 0.514. The van der Waals surface area contributed by atoms with Gasteiger partial charge in [-0.2, -0.15) is 0 Å². The lowest BCUT2D eigenvalue weighted by Crippen LogP contribution is -2.15. The number of rotatable bonds is 7. The van der Waals surface area contributed by atoms with E-state index in [0.29, 0.717) is 5.57 Å². The van der Waals surface area contributed by atoms with Crippen molar-refractivity contribution in [2.24, 2.45) is 0 Å². The SMILES string of the molecule is O=C(OCC(=O)c1ccc([N+](=O)[O-])cc1)/C(=C\c1cccs1)c1cccs1. The van der Waals surface area contributed by atoms with E-state index in [1.54, 1.807) is 6.08 Å². The van der Waals surface area contributed by atoms with Gasteiger partial charge in [0.25, 0.3) is 5.69 Å². The predicted molar refractivity (Wildman–Crippen MR) is 105 cm³/mol. The number of carbonyl (C=O) groups excluding carboxylic acids is 2. The highest BCUT2D eigenvalue weighted by atomic mass is 32.1. The molecule has 8 heteroatoms. The van der Waals surface area contributed by atoms with Crippen LogP contribution in [-0.4, -0.2) is 23.3 Å². The second kappa shape index (κ2) is 8.52. The Bertz CT molecular complexity index is 974. The molecule has 0 saturated carbocycles. The lowest BCUT2D eigenvalue weighted by atomic mass is 10.1. The fourth-order valence-corrected chi connectivity index (χ4v) is 3.63. The first-order chi connectivity index (χ1) is 13.0. The molecule has 0 amide bonds. The largest absolute Gasteiger partial charge is 0.454 e. The molecule has 136 valence electrons. The molecule has 0 fully saturated rings. The van der Waals surface area contributed by atoms with Crippen LogP contribution in [0.25, 0.3) is 11.6 Å². The normalized spacial score (nSPS) is 11.2. The van der Waals surface area contributed by atoms with Gasteiger partial charge in [0, 0.05) is 27.5 Å². The Kier molecular flexibility index (Phi) is 5.90. The van der Waals surface area contributed by atoms with Crippen molar-refractivity contribution in [2.45, 2.75) is 0 Å². The van der Waals surface area contributed by atoms with E-state index in [1.807, 2.05) is 35.0 Å². The van der Waals surface area contributed by atoms with E-state index in [4.69, 9.17) is 4.74 Å². The van der Waals surface area contributed by atoms with Gasteiger partial charge in [-0.1, -0.05) is 12.1 Å². The minimum atomic E-state index is -0.596. The van der Waals surface area contributed by atoms with Gasteiger partial charge in [-0.3, -0.25) is 14.9 Å². The maximum atomic E-state index is 12.5. The number of nitro groups is 1. The molecular weight excluding hydrogens is 386 g/mol. The number of hydrogen-bond acceptors (Lipinski definition) is 7. The van der Waals surface area contributed by atoms with Crippen LogP contribution in [0.5, 0.6) is 0 Å². The molecule has 1 aromatic carbocycles. The third-order valence-corrected chi connectivity index (χ3v) is 5.29. The van der Waals surface area contributed by atoms with Gasteiger partial charge in [-0.15, -0.1) is 22.7 Å². The number of nitrogens with zero attached hydrogens (tertiary/aromatic N) is 1. The lowest BCUT2D eigenvalue weighted by molar-refractivity contribution is -0.384. The number of non-ortho nitro benzene ring substituents is 1. The smallest absolute Gasteiger partial charge is 0.340 e. The summed E-state index contributed by atoms with van der Waals surface area (Å²) in [5, 5.41) is 14.4. The summed E-state index contributed by atoms with van der Waals surface area (Å²) in [4.78, 5) is 36.5. The molecule has 0 aliphatic heterocycles. The Labute approximate surface area is 162 Å². The van der Waals surface area contributed by atoms with Crippen LogP contribution in [0.4, 0.5) is 5.69 Å². The van der Waals surface area contributed by atoms with Crippen molar-refractivity contribution < 1.29 is 19.2 Å². The lowest BCUT2D eigenvalue weighted by Gasteiger charge is -2.07. The molecule has 0 radical (unpaired) electrons. The van der Waals surface area contributed by atoms with Gasteiger partial charge in [-0.05, 0) is 41.1 Å². The maximum Gasteiger partial charge on any atom is 0.340 e. The van der Waals surface area contributed by atoms with Crippen LogP contribution < -0.4 is 0 Å². The minimum Gasteiger partial charge on any atom is -0.454 e. The van der Waals surface area contributed by atoms with Crippen molar-refractivity contribution in [3.05, 3.63) is 84.7 Å². The van der Waals surface area contributed by atoms with Crippen LogP contribution in [0.1, 0.15) is 20.1 Å². The van der Waals surface area contributed by atoms with Crippen molar-refractivity contribution >= 4 is 51.8 Å². The predicted octanol–water partition coefficient (Wildman–Crippen LogP) is 4.68. The summed E-state index contributed by atoms with van der Waals surface area (Å²) in [6.45, 7) is -0.441. The van der Waals surface area contributed by atoms with Crippen LogP contribution in [0.15, 0.2) is 59.3 Å². The molecule has 2 heterocycles. The average Bonchev–Trinajstić information content (AvgIpc) is 3.37. The van der Waals surface area contributed by atoms with Crippen molar-refractivity contribution in [2.75, 3.05) is 6.61 Å². The van der Waals surface area contributed by atoms with E-state index in [-0.39, 0.29) is 11.3 Å². The molecule has 0 bridgehead atoms. The monoisotopic (exact) mass is 399 g/mol. The molecule has 27 heavy (non-hydrogen) atoms. The number of Topliss-reactive ketones (excluding diaryl/α,β-unsaturated/α-hetero) is 1. The summed E-state index contributed by atoms with van der Waals surface area (Å²) in [7, 11) is 0. The zero-order valence-electron chi connectivity index (χ0n) is 13.9. The summed E-state index contributed by atoms with van der Waals surface area (Å²) in [6.07, 6.45) is 1.73. The first kappa shape index (κ1) is 18.7. The zero-order valence-corrected chi connectivity index (χ0v) is 15.5. The summed E-state index contributed by atoms with van der Waals surface area (Å²) >= 11 is 2.89. The molecule has 0 atom stereocenters. The molecule has 0 aliphatic carbocycles. The Hall–Kier alpha value is -3.10. The molecule has 2 aromatic heterocycles. The number of benzene rings is 1. The fourth-order valence-electron chi connectivity index (χ4n) is 2.24. The molecule has 3 aromatic rings. The van der Waals surface area contributed by atoms with Crippen molar-refractivity contribution in [1.29, 1.82) is 0 Å². The van der Waals surface area contributed by atoms with E-state index in [0.717, 1.165) is 9.75 Å². The second-order valence-electron chi connectivity index (χ2n) is 5.35. The zero-order chi connectivity index (χ0) is 19.2. The molecule has 0 unspecified atom stereocenters. The maximum absolute atomic E-state index is 12.5. The van der Waals surface area contributed by atoms with E-state index < -0.39 is 23.3 Å². The van der Waals surface area contributed by atoms with Crippen LogP contribution in [0.3, 0.4) is 0 Å². The van der Waals surface area contributed by atoms with Crippen LogP contribution in [0.2, 0.25) is 0 Å². The third-order valence-electron chi connectivity index (χ3n) is 3.57. The van der Waals surface area contributed by atoms with Gasteiger partial charge in [0.1, 0.15) is 0 Å². The third kappa shape index (κ3) is 4.75. The number of ether oxygens (including phenoxy) is 1. The molecule has 0 spiro atoms. The standard InChI is InChI=1S/C19H13NO5S2/c21-17(13-5-7-14(8-6-13)20(23)24)12-25-19(22)16(18-4-2-10-27-18)11-15-3-1-9-26-15/h1-11H,12H2/b16-11-. The van der Waals surface area contributed by atoms with E-state index in [1.165, 1.54) is 46.9 Å². The summed E-state index contributed by atoms with van der Waals surface area (Å²) < 4.78 is 5.19. The van der Waals surface area contributed by atoms with Gasteiger partial charge >= 0.3 is 5.97 Å². The molecule has 6 nitrogen and oxygen atoms in total. The topological polar surface area (TPSA) is 86.5 Å². The first-order valence-electron chi connectivity index (χ1n) is 7.78. The van der Waals surface area contributed by atoms with Crippen LogP contribution >= 0.6 is 22.7 Å². The van der Waals surface area contributed by atoms with E-state index in [9.17, 15) is 19.7 Å². The number of esters is 1. The molecule has 0 saturated heterocycles. The highest BCUT2D eigenvalue weighted by Crippen LogP contribution is 2.26. The van der Waals surface area contributed by atoms with Gasteiger partial charge in [0.15, 0.2) is 12.4 Å². The molecular formula is C19H13NO5S2. The average molecular weight is 399 g/mol. The fraction of sp³-hybridized carbons (Fsp3) is 0.0526. The number of hydrogen-bond donors (Lipinski definition) is 0. The quantitative estimate of drug-likeness (QED) is 0.189. The Morgan fingerprint density at radius 3 is 2.33 bits per heavy atom. The van der Waals surface area contributed by atoms with Crippen LogP contribution in [-0.2, 0) is 9.53 Å². The summed E-state index contributed by atoms with van der Waals surface area (Å²) in [5.74, 6) is -1.03. The van der Waals surface area contributed by atoms with E-state index >= 15 is 0 Å². The Morgan fingerprint density at radius 1 is 1.04 bits per heavy atom. The highest BCUT2D eigenvalue weighted by molar-refractivity contribution is 7.12. The number of carbonyl (C=O) groups is 2. The van der Waals surface area contributed by atoms with Gasteiger partial charge < -0.3 is 4.74 Å².